The van der Waals surface area contributed by atoms with E-state index < -0.39 is 0 Å². The lowest BCUT2D eigenvalue weighted by atomic mass is 9.82. The molecule has 3 unspecified atom stereocenters. The molecule has 21 heavy (non-hydrogen) atoms. The molecule has 2 rings (SSSR count). The molecule has 0 radical (unpaired) electrons. The summed E-state index contributed by atoms with van der Waals surface area (Å²) in [5.41, 5.74) is 7.33. The molecule has 2 nitrogen and oxygen atoms in total. The first-order valence-corrected chi connectivity index (χ1v) is 8.97. The third kappa shape index (κ3) is 5.00. The first-order valence-electron chi connectivity index (χ1n) is 8.18. The minimum atomic E-state index is 0.214. The Kier molecular flexibility index (Phi) is 6.12. The molecule has 1 aliphatic rings. The van der Waals surface area contributed by atoms with Crippen LogP contribution in [-0.2, 0) is 6.42 Å². The molecule has 0 aliphatic heterocycles. The summed E-state index contributed by atoms with van der Waals surface area (Å²) in [7, 11) is 0. The first kappa shape index (κ1) is 16.8. The van der Waals surface area contributed by atoms with Crippen LogP contribution in [0.4, 0.5) is 0 Å². The Bertz CT molecular complexity index is 453. The summed E-state index contributed by atoms with van der Waals surface area (Å²) in [4.78, 5) is 0. The molecule has 1 fully saturated rings. The molecule has 118 valence electrons. The molecular formula is C18H28BrNO. The van der Waals surface area contributed by atoms with Crippen molar-refractivity contribution in [1.82, 2.24) is 0 Å². The molecule has 0 aromatic heterocycles. The minimum absolute atomic E-state index is 0.214. The average Bonchev–Trinajstić information content (AvgIpc) is 2.41. The number of hydrogen-bond donors (Lipinski definition) is 1. The van der Waals surface area contributed by atoms with Gasteiger partial charge in [-0.3, -0.25) is 0 Å². The van der Waals surface area contributed by atoms with Crippen molar-refractivity contribution in [2.24, 2.45) is 17.6 Å². The van der Waals surface area contributed by atoms with Gasteiger partial charge in [0, 0.05) is 10.5 Å². The van der Waals surface area contributed by atoms with Crippen molar-refractivity contribution in [2.75, 3.05) is 0 Å². The SMILES string of the molecule is CCC(N)Cc1cc(OC2CC(C)CC(C)C2)ccc1Br. The second-order valence-corrected chi connectivity index (χ2v) is 7.64. The Labute approximate surface area is 137 Å². The van der Waals surface area contributed by atoms with Crippen LogP contribution in [0.3, 0.4) is 0 Å². The standard InChI is InChI=1S/C18H28BrNO/c1-4-15(20)10-14-11-16(5-6-18(14)19)21-17-8-12(2)7-13(3)9-17/h5-6,11-13,15,17H,4,7-10,20H2,1-3H3. The maximum absolute atomic E-state index is 6.25. The average molecular weight is 354 g/mol. The fourth-order valence-electron chi connectivity index (χ4n) is 3.37. The van der Waals surface area contributed by atoms with E-state index in [1.165, 1.54) is 24.8 Å². The highest BCUT2D eigenvalue weighted by atomic mass is 79.9. The Morgan fingerprint density at radius 3 is 2.52 bits per heavy atom. The zero-order valence-corrected chi connectivity index (χ0v) is 15.0. The van der Waals surface area contributed by atoms with Gasteiger partial charge >= 0.3 is 0 Å². The van der Waals surface area contributed by atoms with Gasteiger partial charge in [0.2, 0.25) is 0 Å². The molecule has 3 atom stereocenters. The minimum Gasteiger partial charge on any atom is -0.490 e. The summed E-state index contributed by atoms with van der Waals surface area (Å²) in [5, 5.41) is 0. The third-order valence-electron chi connectivity index (χ3n) is 4.46. The summed E-state index contributed by atoms with van der Waals surface area (Å²) in [6.07, 6.45) is 5.92. The van der Waals surface area contributed by atoms with Gasteiger partial charge in [0.25, 0.3) is 0 Å². The molecule has 1 aromatic carbocycles. The van der Waals surface area contributed by atoms with Crippen LogP contribution >= 0.6 is 15.9 Å². The van der Waals surface area contributed by atoms with E-state index in [9.17, 15) is 0 Å². The molecule has 3 heteroatoms. The summed E-state index contributed by atoms with van der Waals surface area (Å²) in [6, 6.07) is 6.52. The lowest BCUT2D eigenvalue weighted by molar-refractivity contribution is 0.101. The van der Waals surface area contributed by atoms with Crippen molar-refractivity contribution in [3.8, 4) is 5.75 Å². The molecule has 0 saturated heterocycles. The molecule has 1 aliphatic carbocycles. The van der Waals surface area contributed by atoms with E-state index in [1.54, 1.807) is 0 Å². The molecule has 0 amide bonds. The van der Waals surface area contributed by atoms with Crippen LogP contribution in [0.5, 0.6) is 5.75 Å². The topological polar surface area (TPSA) is 35.2 Å². The van der Waals surface area contributed by atoms with E-state index in [2.05, 4.69) is 54.9 Å². The van der Waals surface area contributed by atoms with Gasteiger partial charge in [0.15, 0.2) is 0 Å². The van der Waals surface area contributed by atoms with E-state index >= 15 is 0 Å². The maximum Gasteiger partial charge on any atom is 0.120 e. The highest BCUT2D eigenvalue weighted by Crippen LogP contribution is 2.32. The van der Waals surface area contributed by atoms with Crippen LogP contribution < -0.4 is 10.5 Å². The molecule has 0 spiro atoms. The van der Waals surface area contributed by atoms with Crippen molar-refractivity contribution in [2.45, 2.75) is 65.0 Å². The number of benzene rings is 1. The van der Waals surface area contributed by atoms with E-state index in [-0.39, 0.29) is 6.04 Å². The second kappa shape index (κ2) is 7.64. The van der Waals surface area contributed by atoms with Gasteiger partial charge in [0.1, 0.15) is 5.75 Å². The third-order valence-corrected chi connectivity index (χ3v) is 5.24. The van der Waals surface area contributed by atoms with Crippen LogP contribution in [0.2, 0.25) is 0 Å². The lowest BCUT2D eigenvalue weighted by Gasteiger charge is -2.31. The van der Waals surface area contributed by atoms with Crippen LogP contribution in [0, 0.1) is 11.8 Å². The Balaban J connectivity index is 2.04. The normalized spacial score (nSPS) is 27.4. The van der Waals surface area contributed by atoms with Gasteiger partial charge in [-0.15, -0.1) is 0 Å². The number of halogens is 1. The smallest absolute Gasteiger partial charge is 0.120 e. The molecule has 1 aromatic rings. The predicted molar refractivity (Wildman–Crippen MR) is 92.7 cm³/mol. The number of nitrogens with two attached hydrogens (primary N) is 1. The lowest BCUT2D eigenvalue weighted by Crippen LogP contribution is -2.28. The maximum atomic E-state index is 6.25. The van der Waals surface area contributed by atoms with Crippen LogP contribution in [0.25, 0.3) is 0 Å². The van der Waals surface area contributed by atoms with E-state index in [0.29, 0.717) is 6.10 Å². The van der Waals surface area contributed by atoms with Gasteiger partial charge < -0.3 is 10.5 Å². The summed E-state index contributed by atoms with van der Waals surface area (Å²) in [5.74, 6) is 2.52. The monoisotopic (exact) mass is 353 g/mol. The number of ether oxygens (including phenoxy) is 1. The van der Waals surface area contributed by atoms with Crippen LogP contribution in [0.15, 0.2) is 22.7 Å². The van der Waals surface area contributed by atoms with Crippen molar-refractivity contribution < 1.29 is 4.74 Å². The fourth-order valence-corrected chi connectivity index (χ4v) is 3.78. The molecule has 0 bridgehead atoms. The summed E-state index contributed by atoms with van der Waals surface area (Å²) < 4.78 is 7.37. The van der Waals surface area contributed by atoms with Gasteiger partial charge in [0.05, 0.1) is 6.10 Å². The van der Waals surface area contributed by atoms with Gasteiger partial charge in [-0.25, -0.2) is 0 Å². The summed E-state index contributed by atoms with van der Waals surface area (Å²) >= 11 is 3.62. The molecule has 0 heterocycles. The molecule has 2 N–H and O–H groups in total. The summed E-state index contributed by atoms with van der Waals surface area (Å²) in [6.45, 7) is 6.79. The molecular weight excluding hydrogens is 326 g/mol. The number of hydrogen-bond acceptors (Lipinski definition) is 2. The zero-order chi connectivity index (χ0) is 15.4. The van der Waals surface area contributed by atoms with Crippen molar-refractivity contribution >= 4 is 15.9 Å². The number of rotatable bonds is 5. The Morgan fingerprint density at radius 2 is 1.90 bits per heavy atom. The Hall–Kier alpha value is -0.540. The van der Waals surface area contributed by atoms with E-state index in [0.717, 1.165) is 34.9 Å². The Morgan fingerprint density at radius 1 is 1.24 bits per heavy atom. The van der Waals surface area contributed by atoms with Gasteiger partial charge in [-0.05, 0) is 67.7 Å². The largest absolute Gasteiger partial charge is 0.490 e. The first-order chi connectivity index (χ1) is 9.97. The van der Waals surface area contributed by atoms with Crippen LogP contribution in [-0.4, -0.2) is 12.1 Å². The van der Waals surface area contributed by atoms with Crippen molar-refractivity contribution in [1.29, 1.82) is 0 Å². The van der Waals surface area contributed by atoms with Gasteiger partial charge in [-0.2, -0.15) is 0 Å². The van der Waals surface area contributed by atoms with Crippen LogP contribution in [0.1, 0.15) is 52.0 Å². The predicted octanol–water partition coefficient (Wildman–Crippen LogP) is 4.93. The van der Waals surface area contributed by atoms with E-state index in [4.69, 9.17) is 10.5 Å². The van der Waals surface area contributed by atoms with Crippen molar-refractivity contribution in [3.63, 3.8) is 0 Å². The van der Waals surface area contributed by atoms with Gasteiger partial charge in [-0.1, -0.05) is 36.7 Å². The zero-order valence-electron chi connectivity index (χ0n) is 13.4. The van der Waals surface area contributed by atoms with Crippen molar-refractivity contribution in [3.05, 3.63) is 28.2 Å². The fraction of sp³-hybridized carbons (Fsp3) is 0.667. The molecule has 1 saturated carbocycles. The second-order valence-electron chi connectivity index (χ2n) is 6.78. The quantitative estimate of drug-likeness (QED) is 0.813. The highest BCUT2D eigenvalue weighted by Gasteiger charge is 2.25. The van der Waals surface area contributed by atoms with E-state index in [1.807, 2.05) is 0 Å². The highest BCUT2D eigenvalue weighted by molar-refractivity contribution is 9.10.